The van der Waals surface area contributed by atoms with E-state index in [1.807, 2.05) is 25.8 Å². The summed E-state index contributed by atoms with van der Waals surface area (Å²) in [5, 5.41) is 20.5. The van der Waals surface area contributed by atoms with E-state index in [1.165, 1.54) is 19.9 Å². The first-order chi connectivity index (χ1) is 18.8. The number of halogens is 6. The number of aliphatic carboxylic acids is 1. The van der Waals surface area contributed by atoms with Crippen molar-refractivity contribution >= 4 is 11.9 Å². The Morgan fingerprint density at radius 1 is 0.927 bits per heavy atom. The second kappa shape index (κ2) is 12.4. The van der Waals surface area contributed by atoms with E-state index >= 15 is 0 Å². The Labute approximate surface area is 233 Å². The number of carbonyl (C=O) groups is 2. The minimum Gasteiger partial charge on any atom is -0.484 e. The second-order valence-corrected chi connectivity index (χ2v) is 9.67. The highest BCUT2D eigenvalue weighted by atomic mass is 19.4. The van der Waals surface area contributed by atoms with Crippen LogP contribution in [0, 0.1) is 25.7 Å². The average molecular weight is 588 g/mol. The first-order valence-corrected chi connectivity index (χ1v) is 12.6. The van der Waals surface area contributed by atoms with Crippen LogP contribution in [-0.2, 0) is 15.0 Å². The van der Waals surface area contributed by atoms with Crippen LogP contribution in [0.4, 0.5) is 26.3 Å². The number of hydrogen-bond acceptors (Lipinski definition) is 4. The molecule has 12 heteroatoms. The van der Waals surface area contributed by atoms with Gasteiger partial charge in [-0.1, -0.05) is 44.0 Å². The Balaban J connectivity index is 2.41. The maximum atomic E-state index is 13.0. The molecule has 0 radical (unpaired) electrons. The summed E-state index contributed by atoms with van der Waals surface area (Å²) < 4.78 is 83.6. The van der Waals surface area contributed by atoms with Gasteiger partial charge in [-0.3, -0.25) is 9.59 Å². The van der Waals surface area contributed by atoms with Gasteiger partial charge in [0.1, 0.15) is 11.8 Å². The van der Waals surface area contributed by atoms with Gasteiger partial charge in [0.05, 0.1) is 0 Å². The van der Waals surface area contributed by atoms with Crippen LogP contribution in [0.2, 0.25) is 0 Å². The van der Waals surface area contributed by atoms with E-state index in [1.54, 1.807) is 31.2 Å². The predicted molar refractivity (Wildman–Crippen MR) is 138 cm³/mol. The number of ether oxygens (including phenoxy) is 1. The predicted octanol–water partition coefficient (Wildman–Crippen LogP) is 5.58. The maximum Gasteiger partial charge on any atom is 0.438 e. The van der Waals surface area contributed by atoms with Crippen molar-refractivity contribution in [2.24, 2.45) is 0 Å². The first-order valence-electron chi connectivity index (χ1n) is 12.6. The molecule has 0 saturated carbocycles. The van der Waals surface area contributed by atoms with Gasteiger partial charge in [-0.2, -0.15) is 26.3 Å². The molecule has 0 heterocycles. The SMILES string of the molecule is CCC(CC)(c1ccc(C#CC(O)(C(F)(F)F)C(F)(F)F)c(C)c1)c1ccc(OCC(=O)N[C@H](C)C(=O)O)c(C)c1. The molecule has 2 aromatic carbocycles. The summed E-state index contributed by atoms with van der Waals surface area (Å²) in [7, 11) is 0. The Hall–Kier alpha value is -3.72. The van der Waals surface area contributed by atoms with E-state index in [9.17, 15) is 41.0 Å². The zero-order valence-electron chi connectivity index (χ0n) is 23.0. The van der Waals surface area contributed by atoms with Crippen molar-refractivity contribution in [3.63, 3.8) is 0 Å². The Morgan fingerprint density at radius 3 is 1.88 bits per heavy atom. The largest absolute Gasteiger partial charge is 0.484 e. The van der Waals surface area contributed by atoms with Crippen LogP contribution >= 0.6 is 0 Å². The Kier molecular flexibility index (Phi) is 10.1. The molecule has 0 unspecified atom stereocenters. The lowest BCUT2D eigenvalue weighted by Crippen LogP contribution is -2.55. The fourth-order valence-corrected chi connectivity index (χ4v) is 4.39. The van der Waals surface area contributed by atoms with E-state index in [4.69, 9.17) is 9.84 Å². The lowest BCUT2D eigenvalue weighted by molar-refractivity contribution is -0.343. The fourth-order valence-electron chi connectivity index (χ4n) is 4.39. The number of alkyl halides is 6. The van der Waals surface area contributed by atoms with Crippen LogP contribution in [0.15, 0.2) is 36.4 Å². The number of carbonyl (C=O) groups excluding carboxylic acids is 1. The van der Waals surface area contributed by atoms with E-state index < -0.39 is 47.9 Å². The fraction of sp³-hybridized carbons (Fsp3) is 0.448. The minimum atomic E-state index is -6.04. The van der Waals surface area contributed by atoms with Crippen LogP contribution in [0.3, 0.4) is 0 Å². The molecule has 6 nitrogen and oxygen atoms in total. The number of rotatable bonds is 9. The van der Waals surface area contributed by atoms with Crippen molar-refractivity contribution in [3.05, 3.63) is 64.2 Å². The lowest BCUT2D eigenvalue weighted by Gasteiger charge is -2.34. The van der Waals surface area contributed by atoms with E-state index in [0.717, 1.165) is 17.0 Å². The zero-order chi connectivity index (χ0) is 31.4. The third-order valence-corrected chi connectivity index (χ3v) is 7.02. The quantitative estimate of drug-likeness (QED) is 0.263. The third-order valence-electron chi connectivity index (χ3n) is 7.02. The molecule has 1 amide bonds. The number of amides is 1. The molecule has 2 rings (SSSR count). The number of aryl methyl sites for hydroxylation is 2. The molecule has 224 valence electrons. The molecule has 0 fully saturated rings. The van der Waals surface area contributed by atoms with Gasteiger partial charge in [0, 0.05) is 11.0 Å². The van der Waals surface area contributed by atoms with Gasteiger partial charge in [0.25, 0.3) is 5.91 Å². The van der Waals surface area contributed by atoms with Crippen molar-refractivity contribution in [2.75, 3.05) is 6.61 Å². The van der Waals surface area contributed by atoms with Crippen LogP contribution in [0.5, 0.6) is 5.75 Å². The summed E-state index contributed by atoms with van der Waals surface area (Å²) >= 11 is 0. The van der Waals surface area contributed by atoms with Crippen LogP contribution in [0.1, 0.15) is 61.4 Å². The van der Waals surface area contributed by atoms with Crippen molar-refractivity contribution in [2.45, 2.75) is 76.9 Å². The molecule has 1 atom stereocenters. The number of carboxylic acids is 1. The van der Waals surface area contributed by atoms with Crippen molar-refractivity contribution in [3.8, 4) is 17.6 Å². The molecule has 0 aromatic heterocycles. The van der Waals surface area contributed by atoms with Gasteiger partial charge >= 0.3 is 23.9 Å². The molecule has 0 spiro atoms. The molecule has 0 bridgehead atoms. The summed E-state index contributed by atoms with van der Waals surface area (Å²) in [5.41, 5.74) is -3.24. The minimum absolute atomic E-state index is 0.0998. The van der Waals surface area contributed by atoms with Crippen molar-refractivity contribution in [1.82, 2.24) is 5.32 Å². The van der Waals surface area contributed by atoms with Crippen molar-refractivity contribution in [1.29, 1.82) is 0 Å². The molecule has 0 aliphatic rings. The van der Waals surface area contributed by atoms with Gasteiger partial charge in [-0.15, -0.1) is 0 Å². The molecule has 0 aliphatic heterocycles. The second-order valence-electron chi connectivity index (χ2n) is 9.67. The number of benzene rings is 2. The van der Waals surface area contributed by atoms with Crippen LogP contribution in [0.25, 0.3) is 0 Å². The van der Waals surface area contributed by atoms with E-state index in [0.29, 0.717) is 29.7 Å². The van der Waals surface area contributed by atoms with Gasteiger partial charge < -0.3 is 20.3 Å². The molecule has 3 N–H and O–H groups in total. The highest BCUT2D eigenvalue weighted by Crippen LogP contribution is 2.43. The van der Waals surface area contributed by atoms with Crippen LogP contribution < -0.4 is 10.1 Å². The van der Waals surface area contributed by atoms with Gasteiger partial charge in [0.15, 0.2) is 6.61 Å². The number of carboxylic acid groups (broad SMARTS) is 1. The smallest absolute Gasteiger partial charge is 0.438 e. The summed E-state index contributed by atoms with van der Waals surface area (Å²) in [5.74, 6) is 1.45. The number of aliphatic hydroxyl groups is 1. The molecule has 0 aliphatic carbocycles. The third kappa shape index (κ3) is 7.14. The molecule has 0 saturated heterocycles. The number of hydrogen-bond donors (Lipinski definition) is 3. The summed E-state index contributed by atoms with van der Waals surface area (Å²) in [4.78, 5) is 22.9. The first kappa shape index (κ1) is 33.5. The standard InChI is InChI=1S/C29H31F6NO5/c1-6-26(7-2,22-10-11-23(18(4)15-22)41-16-24(37)36-19(5)25(38)39)21-9-8-20(17(3)14-21)12-13-27(40,28(30,31)32)29(33,34)35/h8-11,14-15,19,40H,6-7,16H2,1-5H3,(H,36,37)(H,38,39)/t19-/m1/s1. The average Bonchev–Trinajstić information content (AvgIpc) is 2.87. The lowest BCUT2D eigenvalue weighted by atomic mass is 9.70. The van der Waals surface area contributed by atoms with Crippen LogP contribution in [-0.4, -0.2) is 52.7 Å². The van der Waals surface area contributed by atoms with E-state index in [2.05, 4.69) is 5.32 Å². The number of nitrogens with one attached hydrogen (secondary N) is 1. The maximum absolute atomic E-state index is 13.0. The van der Waals surface area contributed by atoms with Crippen molar-refractivity contribution < 1.29 is 50.9 Å². The Morgan fingerprint density at radius 2 is 1.44 bits per heavy atom. The molecule has 41 heavy (non-hydrogen) atoms. The Bertz CT molecular complexity index is 1320. The topological polar surface area (TPSA) is 95.9 Å². The molecular weight excluding hydrogens is 556 g/mol. The van der Waals surface area contributed by atoms with Gasteiger partial charge in [0.2, 0.25) is 0 Å². The molecule has 2 aromatic rings. The molecular formula is C29H31F6NO5. The van der Waals surface area contributed by atoms with Gasteiger partial charge in [-0.05, 0) is 73.9 Å². The normalized spacial score (nSPS) is 13.2. The highest BCUT2D eigenvalue weighted by Gasteiger charge is 2.70. The monoisotopic (exact) mass is 587 g/mol. The highest BCUT2D eigenvalue weighted by molar-refractivity contribution is 5.84. The van der Waals surface area contributed by atoms with Gasteiger partial charge in [-0.25, -0.2) is 0 Å². The summed E-state index contributed by atoms with van der Waals surface area (Å²) in [6.07, 6.45) is -10.9. The summed E-state index contributed by atoms with van der Waals surface area (Å²) in [6.45, 7) is 8.06. The van der Waals surface area contributed by atoms with E-state index in [-0.39, 0.29) is 5.56 Å². The summed E-state index contributed by atoms with van der Waals surface area (Å²) in [6, 6.07) is 8.79. The zero-order valence-corrected chi connectivity index (χ0v) is 23.0.